The number of anilines is 1. The zero-order valence-corrected chi connectivity index (χ0v) is 12.9. The van der Waals surface area contributed by atoms with Crippen LogP contribution in [0.5, 0.6) is 5.75 Å². The molecule has 0 spiro atoms. The number of hydrogen-bond donors (Lipinski definition) is 2. The van der Waals surface area contributed by atoms with E-state index in [1.165, 1.54) is 24.3 Å². The molecule has 0 unspecified atom stereocenters. The van der Waals surface area contributed by atoms with E-state index >= 15 is 0 Å². The molecule has 0 fully saturated rings. The third-order valence-corrected chi connectivity index (χ3v) is 3.19. The first-order chi connectivity index (χ1) is 11.6. The standard InChI is InChI=1S/C17H15FN4O2/c1-11-19-17(22-21-11)12-3-2-4-14(9-12)20-16(23)10-24-15-7-5-13(18)6-8-15/h2-9H,10H2,1H3,(H,20,23)(H,19,21,22). The van der Waals surface area contributed by atoms with E-state index in [1.807, 2.05) is 13.0 Å². The van der Waals surface area contributed by atoms with Gasteiger partial charge in [-0.05, 0) is 43.3 Å². The Morgan fingerprint density at radius 1 is 1.25 bits per heavy atom. The van der Waals surface area contributed by atoms with E-state index in [9.17, 15) is 9.18 Å². The molecule has 0 aliphatic carbocycles. The molecule has 122 valence electrons. The van der Waals surface area contributed by atoms with Crippen molar-refractivity contribution >= 4 is 11.6 Å². The summed E-state index contributed by atoms with van der Waals surface area (Å²) >= 11 is 0. The third-order valence-electron chi connectivity index (χ3n) is 3.19. The number of ether oxygens (including phenoxy) is 1. The maximum atomic E-state index is 12.8. The molecule has 0 saturated heterocycles. The number of aryl methyl sites for hydroxylation is 1. The fraction of sp³-hybridized carbons (Fsp3) is 0.118. The van der Waals surface area contributed by atoms with E-state index in [4.69, 9.17) is 4.74 Å². The summed E-state index contributed by atoms with van der Waals surface area (Å²) in [5.41, 5.74) is 1.40. The highest BCUT2D eigenvalue weighted by Crippen LogP contribution is 2.19. The highest BCUT2D eigenvalue weighted by atomic mass is 19.1. The van der Waals surface area contributed by atoms with Gasteiger partial charge in [0.2, 0.25) is 0 Å². The fourth-order valence-corrected chi connectivity index (χ4v) is 2.08. The molecule has 2 aromatic carbocycles. The van der Waals surface area contributed by atoms with Crippen LogP contribution in [0.3, 0.4) is 0 Å². The summed E-state index contributed by atoms with van der Waals surface area (Å²) in [7, 11) is 0. The van der Waals surface area contributed by atoms with Gasteiger partial charge in [-0.15, -0.1) is 0 Å². The van der Waals surface area contributed by atoms with Gasteiger partial charge in [0.05, 0.1) is 0 Å². The maximum absolute atomic E-state index is 12.8. The molecule has 24 heavy (non-hydrogen) atoms. The molecule has 1 amide bonds. The lowest BCUT2D eigenvalue weighted by Gasteiger charge is -2.08. The molecule has 6 nitrogen and oxygen atoms in total. The minimum absolute atomic E-state index is 0.171. The van der Waals surface area contributed by atoms with Crippen molar-refractivity contribution in [2.45, 2.75) is 6.92 Å². The molecule has 3 aromatic rings. The van der Waals surface area contributed by atoms with Gasteiger partial charge in [0.15, 0.2) is 12.4 Å². The van der Waals surface area contributed by atoms with Gasteiger partial charge in [-0.25, -0.2) is 9.37 Å². The van der Waals surface area contributed by atoms with Gasteiger partial charge in [-0.2, -0.15) is 5.10 Å². The van der Waals surface area contributed by atoms with Crippen LogP contribution >= 0.6 is 0 Å². The van der Waals surface area contributed by atoms with Crippen LogP contribution in [0.4, 0.5) is 10.1 Å². The summed E-state index contributed by atoms with van der Waals surface area (Å²) < 4.78 is 18.1. The van der Waals surface area contributed by atoms with Gasteiger partial charge in [0.1, 0.15) is 17.4 Å². The summed E-state index contributed by atoms with van der Waals surface area (Å²) in [6, 6.07) is 12.7. The largest absolute Gasteiger partial charge is 0.484 e. The second-order valence-electron chi connectivity index (χ2n) is 5.12. The van der Waals surface area contributed by atoms with Gasteiger partial charge in [0, 0.05) is 11.3 Å². The second-order valence-corrected chi connectivity index (χ2v) is 5.12. The van der Waals surface area contributed by atoms with Crippen molar-refractivity contribution in [1.29, 1.82) is 0 Å². The Morgan fingerprint density at radius 2 is 2.04 bits per heavy atom. The number of amides is 1. The highest BCUT2D eigenvalue weighted by molar-refractivity contribution is 5.92. The number of nitrogens with one attached hydrogen (secondary N) is 2. The molecule has 0 bridgehead atoms. The number of aromatic amines is 1. The van der Waals surface area contributed by atoms with Crippen LogP contribution in [0.1, 0.15) is 5.82 Å². The number of hydrogen-bond acceptors (Lipinski definition) is 4. The quantitative estimate of drug-likeness (QED) is 0.755. The van der Waals surface area contributed by atoms with E-state index in [-0.39, 0.29) is 18.3 Å². The lowest BCUT2D eigenvalue weighted by atomic mass is 10.2. The molecule has 0 atom stereocenters. The average Bonchev–Trinajstić information content (AvgIpc) is 3.01. The molecular weight excluding hydrogens is 311 g/mol. The lowest BCUT2D eigenvalue weighted by molar-refractivity contribution is -0.118. The van der Waals surface area contributed by atoms with Crippen LogP contribution in [0.25, 0.3) is 11.4 Å². The molecule has 0 aliphatic heterocycles. The van der Waals surface area contributed by atoms with E-state index in [2.05, 4.69) is 20.5 Å². The summed E-state index contributed by atoms with van der Waals surface area (Å²) in [4.78, 5) is 16.2. The van der Waals surface area contributed by atoms with Crippen LogP contribution in [0.15, 0.2) is 48.5 Å². The topological polar surface area (TPSA) is 79.9 Å². The molecule has 2 N–H and O–H groups in total. The SMILES string of the molecule is Cc1nc(-c2cccc(NC(=O)COc3ccc(F)cc3)c2)n[nH]1. The number of carbonyl (C=O) groups excluding carboxylic acids is 1. The summed E-state index contributed by atoms with van der Waals surface area (Å²) in [6.45, 7) is 1.64. The van der Waals surface area contributed by atoms with Crippen LogP contribution < -0.4 is 10.1 Å². The number of H-pyrrole nitrogens is 1. The second kappa shape index (κ2) is 6.91. The van der Waals surface area contributed by atoms with Crippen molar-refractivity contribution in [2.75, 3.05) is 11.9 Å². The molecule has 3 rings (SSSR count). The predicted octanol–water partition coefficient (Wildman–Crippen LogP) is 2.94. The zero-order valence-electron chi connectivity index (χ0n) is 12.9. The molecule has 0 radical (unpaired) electrons. The van der Waals surface area contributed by atoms with Crippen molar-refractivity contribution in [3.63, 3.8) is 0 Å². The lowest BCUT2D eigenvalue weighted by Crippen LogP contribution is -2.20. The van der Waals surface area contributed by atoms with Crippen molar-refractivity contribution in [1.82, 2.24) is 15.2 Å². The minimum Gasteiger partial charge on any atom is -0.484 e. The first kappa shape index (κ1) is 15.7. The minimum atomic E-state index is -0.356. The first-order valence-electron chi connectivity index (χ1n) is 7.28. The Hall–Kier alpha value is -3.22. The summed E-state index contributed by atoms with van der Waals surface area (Å²) in [6.07, 6.45) is 0. The van der Waals surface area contributed by atoms with E-state index < -0.39 is 0 Å². The number of benzene rings is 2. The van der Waals surface area contributed by atoms with E-state index in [1.54, 1.807) is 18.2 Å². The van der Waals surface area contributed by atoms with Gasteiger partial charge in [0.25, 0.3) is 5.91 Å². The van der Waals surface area contributed by atoms with Crippen LogP contribution in [-0.2, 0) is 4.79 Å². The van der Waals surface area contributed by atoms with Gasteiger partial charge in [-0.3, -0.25) is 9.89 Å². The number of carbonyl (C=O) groups is 1. The van der Waals surface area contributed by atoms with Gasteiger partial charge < -0.3 is 10.1 Å². The molecule has 0 aliphatic rings. The van der Waals surface area contributed by atoms with Crippen molar-refractivity contribution in [3.05, 3.63) is 60.2 Å². The molecule has 7 heteroatoms. The monoisotopic (exact) mass is 326 g/mol. The van der Waals surface area contributed by atoms with Gasteiger partial charge in [-0.1, -0.05) is 12.1 Å². The summed E-state index contributed by atoms with van der Waals surface area (Å²) in [5, 5.41) is 9.60. The maximum Gasteiger partial charge on any atom is 0.262 e. The van der Waals surface area contributed by atoms with Crippen molar-refractivity contribution < 1.29 is 13.9 Å². The fourth-order valence-electron chi connectivity index (χ4n) is 2.08. The Bertz CT molecular complexity index is 846. The van der Waals surface area contributed by atoms with Crippen molar-refractivity contribution in [3.8, 4) is 17.1 Å². The average molecular weight is 326 g/mol. The van der Waals surface area contributed by atoms with Crippen LogP contribution in [0, 0.1) is 12.7 Å². The van der Waals surface area contributed by atoms with E-state index in [0.29, 0.717) is 23.1 Å². The predicted molar refractivity (Wildman–Crippen MR) is 87.1 cm³/mol. The number of halogens is 1. The number of rotatable bonds is 5. The Morgan fingerprint density at radius 3 is 2.75 bits per heavy atom. The molecule has 1 aromatic heterocycles. The Labute approximate surface area is 137 Å². The Kier molecular flexibility index (Phi) is 4.51. The van der Waals surface area contributed by atoms with Crippen molar-refractivity contribution in [2.24, 2.45) is 0 Å². The smallest absolute Gasteiger partial charge is 0.262 e. The summed E-state index contributed by atoms with van der Waals surface area (Å²) in [5.74, 6) is 1.03. The van der Waals surface area contributed by atoms with Crippen LogP contribution in [-0.4, -0.2) is 27.7 Å². The molecular formula is C17H15FN4O2. The number of aromatic nitrogens is 3. The number of nitrogens with zero attached hydrogens (tertiary/aromatic N) is 2. The molecule has 1 heterocycles. The Balaban J connectivity index is 1.61. The van der Waals surface area contributed by atoms with Gasteiger partial charge >= 0.3 is 0 Å². The third kappa shape index (κ3) is 3.95. The van der Waals surface area contributed by atoms with E-state index in [0.717, 1.165) is 5.56 Å². The zero-order chi connectivity index (χ0) is 16.9. The normalized spacial score (nSPS) is 10.4. The highest BCUT2D eigenvalue weighted by Gasteiger charge is 2.07. The first-order valence-corrected chi connectivity index (χ1v) is 7.28. The van der Waals surface area contributed by atoms with Crippen LogP contribution in [0.2, 0.25) is 0 Å². The molecule has 0 saturated carbocycles.